The molecule has 4 rings (SSSR count). The first-order valence-corrected chi connectivity index (χ1v) is 9.51. The average molecular weight is 385 g/mol. The quantitative estimate of drug-likeness (QED) is 0.552. The van der Waals surface area contributed by atoms with E-state index in [9.17, 15) is 4.79 Å². The lowest BCUT2D eigenvalue weighted by atomic mass is 10.2. The van der Waals surface area contributed by atoms with Crippen molar-refractivity contribution < 1.29 is 4.79 Å². The van der Waals surface area contributed by atoms with Crippen LogP contribution in [0.3, 0.4) is 0 Å². The van der Waals surface area contributed by atoms with Gasteiger partial charge in [-0.2, -0.15) is 0 Å². The number of hydrogen-bond donors (Lipinski definition) is 1. The van der Waals surface area contributed by atoms with Gasteiger partial charge >= 0.3 is 0 Å². The molecule has 0 bridgehead atoms. The van der Waals surface area contributed by atoms with E-state index >= 15 is 0 Å². The van der Waals surface area contributed by atoms with Gasteiger partial charge in [0.25, 0.3) is 5.91 Å². The van der Waals surface area contributed by atoms with Crippen molar-refractivity contribution in [2.24, 2.45) is 0 Å². The van der Waals surface area contributed by atoms with Crippen LogP contribution >= 0.6 is 0 Å². The van der Waals surface area contributed by atoms with Crippen molar-refractivity contribution in [1.82, 2.24) is 19.9 Å². The Bertz CT molecular complexity index is 1120. The average Bonchev–Trinajstić information content (AvgIpc) is 3.10. The van der Waals surface area contributed by atoms with E-state index in [0.29, 0.717) is 18.7 Å². The van der Waals surface area contributed by atoms with Crippen LogP contribution in [0.2, 0.25) is 0 Å². The highest BCUT2D eigenvalue weighted by Crippen LogP contribution is 2.17. The predicted octanol–water partition coefficient (Wildman–Crippen LogP) is 3.48. The molecule has 6 heteroatoms. The molecule has 1 amide bonds. The molecule has 0 spiro atoms. The van der Waals surface area contributed by atoms with Gasteiger partial charge in [0.2, 0.25) is 0 Å². The molecule has 0 unspecified atom stereocenters. The van der Waals surface area contributed by atoms with Crippen LogP contribution in [0, 0.1) is 0 Å². The van der Waals surface area contributed by atoms with E-state index in [4.69, 9.17) is 4.98 Å². The number of rotatable bonds is 6. The summed E-state index contributed by atoms with van der Waals surface area (Å²) in [7, 11) is 3.95. The van der Waals surface area contributed by atoms with Gasteiger partial charge in [-0.15, -0.1) is 0 Å². The first-order chi connectivity index (χ1) is 14.1. The minimum absolute atomic E-state index is 0.124. The molecule has 2 aromatic carbocycles. The van der Waals surface area contributed by atoms with Crippen molar-refractivity contribution in [3.05, 3.63) is 89.9 Å². The zero-order valence-electron chi connectivity index (χ0n) is 16.5. The van der Waals surface area contributed by atoms with E-state index in [-0.39, 0.29) is 5.91 Å². The molecule has 0 aliphatic carbocycles. The number of carbonyl (C=O) groups excluding carboxylic acids is 1. The number of nitrogens with zero attached hydrogens (tertiary/aromatic N) is 4. The summed E-state index contributed by atoms with van der Waals surface area (Å²) < 4.78 is 2.06. The predicted molar refractivity (Wildman–Crippen MR) is 115 cm³/mol. The third-order valence-electron chi connectivity index (χ3n) is 4.82. The second-order valence-electron chi connectivity index (χ2n) is 7.07. The van der Waals surface area contributed by atoms with E-state index < -0.39 is 0 Å². The summed E-state index contributed by atoms with van der Waals surface area (Å²) in [5, 5.41) is 2.99. The highest BCUT2D eigenvalue weighted by Gasteiger charge is 2.14. The van der Waals surface area contributed by atoms with Gasteiger partial charge < -0.3 is 14.8 Å². The molecule has 0 aliphatic heterocycles. The molecule has 2 heterocycles. The number of carbonyl (C=O) groups is 1. The number of fused-ring (bicyclic) bond motifs is 1. The molecule has 146 valence electrons. The van der Waals surface area contributed by atoms with E-state index in [1.807, 2.05) is 73.6 Å². The fourth-order valence-electron chi connectivity index (χ4n) is 3.24. The Labute approximate surface area is 169 Å². The van der Waals surface area contributed by atoms with Crippen LogP contribution in [0.1, 0.15) is 21.7 Å². The lowest BCUT2D eigenvalue weighted by Crippen LogP contribution is -2.25. The fourth-order valence-corrected chi connectivity index (χ4v) is 3.24. The standard InChI is InChI=1S/C23H23N5O/c1-27(2)19-12-10-18(11-13-19)23(29)25-15-21-26-20-9-6-14-24-22(20)28(21)16-17-7-4-3-5-8-17/h3-14H,15-16H2,1-2H3,(H,25,29). The Morgan fingerprint density at radius 3 is 2.48 bits per heavy atom. The van der Waals surface area contributed by atoms with Gasteiger partial charge in [0, 0.05) is 31.5 Å². The minimum atomic E-state index is -0.124. The van der Waals surface area contributed by atoms with E-state index in [2.05, 4.69) is 27.0 Å². The molecule has 0 fully saturated rings. The molecule has 2 aromatic heterocycles. The van der Waals surface area contributed by atoms with Gasteiger partial charge in [-0.05, 0) is 42.0 Å². The summed E-state index contributed by atoms with van der Waals surface area (Å²) in [6.07, 6.45) is 1.76. The van der Waals surface area contributed by atoms with Crippen molar-refractivity contribution in [2.75, 3.05) is 19.0 Å². The van der Waals surface area contributed by atoms with Gasteiger partial charge in [0.05, 0.1) is 13.1 Å². The number of aromatic nitrogens is 3. The maximum Gasteiger partial charge on any atom is 0.251 e. The van der Waals surface area contributed by atoms with Crippen molar-refractivity contribution in [3.63, 3.8) is 0 Å². The van der Waals surface area contributed by atoms with Gasteiger partial charge in [-0.25, -0.2) is 9.97 Å². The van der Waals surface area contributed by atoms with Crippen LogP contribution in [0.4, 0.5) is 5.69 Å². The summed E-state index contributed by atoms with van der Waals surface area (Å²) in [4.78, 5) is 23.8. The summed E-state index contributed by atoms with van der Waals surface area (Å²) in [5.41, 5.74) is 4.47. The fraction of sp³-hybridized carbons (Fsp3) is 0.174. The molecule has 0 radical (unpaired) electrons. The summed E-state index contributed by atoms with van der Waals surface area (Å²) >= 11 is 0. The highest BCUT2D eigenvalue weighted by molar-refractivity contribution is 5.94. The van der Waals surface area contributed by atoms with Crippen LogP contribution in [-0.4, -0.2) is 34.5 Å². The molecular weight excluding hydrogens is 362 g/mol. The molecular formula is C23H23N5O. The van der Waals surface area contributed by atoms with Crippen molar-refractivity contribution in [1.29, 1.82) is 0 Å². The highest BCUT2D eigenvalue weighted by atomic mass is 16.1. The Balaban J connectivity index is 1.55. The monoisotopic (exact) mass is 385 g/mol. The first kappa shape index (κ1) is 18.7. The smallest absolute Gasteiger partial charge is 0.251 e. The van der Waals surface area contributed by atoms with Gasteiger partial charge in [-0.3, -0.25) is 4.79 Å². The normalized spacial score (nSPS) is 10.8. The zero-order chi connectivity index (χ0) is 20.2. The van der Waals surface area contributed by atoms with Crippen LogP contribution in [-0.2, 0) is 13.1 Å². The van der Waals surface area contributed by atoms with Crippen molar-refractivity contribution >= 4 is 22.8 Å². The largest absolute Gasteiger partial charge is 0.378 e. The van der Waals surface area contributed by atoms with Crippen LogP contribution in [0.5, 0.6) is 0 Å². The van der Waals surface area contributed by atoms with Crippen LogP contribution in [0.15, 0.2) is 72.9 Å². The molecule has 0 atom stereocenters. The topological polar surface area (TPSA) is 63.1 Å². The maximum absolute atomic E-state index is 12.6. The van der Waals surface area contributed by atoms with E-state index in [1.54, 1.807) is 6.20 Å². The Kier molecular flexibility index (Phi) is 5.24. The van der Waals surface area contributed by atoms with Gasteiger partial charge in [-0.1, -0.05) is 30.3 Å². The maximum atomic E-state index is 12.6. The molecule has 0 aliphatic rings. The SMILES string of the molecule is CN(C)c1ccc(C(=O)NCc2nc3cccnc3n2Cc2ccccc2)cc1. The van der Waals surface area contributed by atoms with Crippen LogP contribution in [0.25, 0.3) is 11.2 Å². The number of anilines is 1. The Hall–Kier alpha value is -3.67. The second-order valence-corrected chi connectivity index (χ2v) is 7.07. The molecule has 0 saturated carbocycles. The molecule has 4 aromatic rings. The third kappa shape index (κ3) is 4.11. The third-order valence-corrected chi connectivity index (χ3v) is 4.82. The lowest BCUT2D eigenvalue weighted by Gasteiger charge is -2.13. The van der Waals surface area contributed by atoms with Crippen LogP contribution < -0.4 is 10.2 Å². The Morgan fingerprint density at radius 2 is 1.76 bits per heavy atom. The molecule has 6 nitrogen and oxygen atoms in total. The number of nitrogens with one attached hydrogen (secondary N) is 1. The first-order valence-electron chi connectivity index (χ1n) is 9.51. The zero-order valence-corrected chi connectivity index (χ0v) is 16.5. The number of pyridine rings is 1. The molecule has 0 saturated heterocycles. The van der Waals surface area contributed by atoms with Gasteiger partial charge in [0.15, 0.2) is 5.65 Å². The number of hydrogen-bond acceptors (Lipinski definition) is 4. The number of imidazole rings is 1. The van der Waals surface area contributed by atoms with Crippen molar-refractivity contribution in [2.45, 2.75) is 13.1 Å². The second kappa shape index (κ2) is 8.14. The Morgan fingerprint density at radius 1 is 1.00 bits per heavy atom. The van der Waals surface area contributed by atoms with E-state index in [0.717, 1.165) is 28.2 Å². The van der Waals surface area contributed by atoms with Crippen molar-refractivity contribution in [3.8, 4) is 0 Å². The number of amides is 1. The van der Waals surface area contributed by atoms with Gasteiger partial charge in [0.1, 0.15) is 11.3 Å². The summed E-state index contributed by atoms with van der Waals surface area (Å²) in [5.74, 6) is 0.655. The van der Waals surface area contributed by atoms with E-state index in [1.165, 1.54) is 0 Å². The molecule has 1 N–H and O–H groups in total. The number of benzene rings is 2. The molecule has 29 heavy (non-hydrogen) atoms. The lowest BCUT2D eigenvalue weighted by molar-refractivity contribution is 0.0949. The minimum Gasteiger partial charge on any atom is -0.378 e. The summed E-state index contributed by atoms with van der Waals surface area (Å²) in [6, 6.07) is 21.5. The summed E-state index contributed by atoms with van der Waals surface area (Å²) in [6.45, 7) is 0.981.